The lowest BCUT2D eigenvalue weighted by molar-refractivity contribution is 0.0947. The van der Waals surface area contributed by atoms with Crippen LogP contribution in [0.2, 0.25) is 5.02 Å². The first-order valence-corrected chi connectivity index (χ1v) is 11.2. The number of pyridine rings is 1. The van der Waals surface area contributed by atoms with Gasteiger partial charge in [0, 0.05) is 41.1 Å². The van der Waals surface area contributed by atoms with Crippen molar-refractivity contribution in [2.75, 3.05) is 32.1 Å². The van der Waals surface area contributed by atoms with Gasteiger partial charge in [-0.1, -0.05) is 17.7 Å². The Hall–Kier alpha value is -3.03. The number of hydrogen-bond donors (Lipinski definition) is 4. The molecule has 0 unspecified atom stereocenters. The van der Waals surface area contributed by atoms with Crippen molar-refractivity contribution >= 4 is 28.9 Å². The largest absolute Gasteiger partial charge is 0.494 e. The smallest absolute Gasteiger partial charge is 0.255 e. The third-order valence-electron chi connectivity index (χ3n) is 5.72. The monoisotopic (exact) mass is 453 g/mol. The van der Waals surface area contributed by atoms with Gasteiger partial charge < -0.3 is 25.7 Å². The van der Waals surface area contributed by atoms with E-state index in [-0.39, 0.29) is 5.91 Å². The maximum Gasteiger partial charge on any atom is 0.255 e. The molecule has 1 saturated heterocycles. The van der Waals surface area contributed by atoms with Crippen LogP contribution in [-0.4, -0.2) is 42.6 Å². The highest BCUT2D eigenvalue weighted by Gasteiger charge is 2.28. The zero-order valence-corrected chi connectivity index (χ0v) is 19.1. The summed E-state index contributed by atoms with van der Waals surface area (Å²) in [5, 5.41) is 10.2. The van der Waals surface area contributed by atoms with Crippen LogP contribution in [0.5, 0.6) is 5.75 Å². The lowest BCUT2D eigenvalue weighted by Crippen LogP contribution is -2.31. The number of rotatable bonds is 4. The SMILES string of the molecule is C1CCNC1.COc1cnccc1-c1[nH]c2c(c1Nc1cccc(Cl)c1C)C(=O)NCC2. The average molecular weight is 454 g/mol. The Morgan fingerprint density at radius 3 is 2.69 bits per heavy atom. The van der Waals surface area contributed by atoms with Crippen LogP contribution in [0, 0.1) is 6.92 Å². The summed E-state index contributed by atoms with van der Waals surface area (Å²) in [4.78, 5) is 20.1. The zero-order valence-electron chi connectivity index (χ0n) is 18.3. The minimum Gasteiger partial charge on any atom is -0.494 e. The Balaban J connectivity index is 0.000000433. The predicted molar refractivity (Wildman–Crippen MR) is 128 cm³/mol. The molecule has 0 radical (unpaired) electrons. The Morgan fingerprint density at radius 2 is 1.97 bits per heavy atom. The molecule has 3 aromatic rings. The van der Waals surface area contributed by atoms with Crippen LogP contribution < -0.4 is 20.7 Å². The summed E-state index contributed by atoms with van der Waals surface area (Å²) >= 11 is 6.28. The zero-order chi connectivity index (χ0) is 22.5. The Morgan fingerprint density at radius 1 is 1.16 bits per heavy atom. The number of carbonyl (C=O) groups is 1. The van der Waals surface area contributed by atoms with E-state index in [1.807, 2.05) is 31.2 Å². The van der Waals surface area contributed by atoms with Gasteiger partial charge >= 0.3 is 0 Å². The highest BCUT2D eigenvalue weighted by molar-refractivity contribution is 6.31. The molecule has 2 aliphatic rings. The van der Waals surface area contributed by atoms with E-state index in [1.165, 1.54) is 25.9 Å². The fourth-order valence-electron chi connectivity index (χ4n) is 3.96. The van der Waals surface area contributed by atoms with Gasteiger partial charge in [0.2, 0.25) is 0 Å². The number of aromatic nitrogens is 2. The Labute approximate surface area is 192 Å². The third kappa shape index (κ3) is 4.59. The van der Waals surface area contributed by atoms with Crippen LogP contribution in [0.4, 0.5) is 11.4 Å². The minimum absolute atomic E-state index is 0.103. The molecule has 1 amide bonds. The fourth-order valence-corrected chi connectivity index (χ4v) is 4.13. The summed E-state index contributed by atoms with van der Waals surface area (Å²) in [6.45, 7) is 5.05. The number of nitrogens with one attached hydrogen (secondary N) is 4. The number of fused-ring (bicyclic) bond motifs is 1. The Bertz CT molecular complexity index is 1100. The number of carbonyl (C=O) groups excluding carboxylic acids is 1. The molecule has 0 bridgehead atoms. The fraction of sp³-hybridized carbons (Fsp3) is 0.333. The molecule has 32 heavy (non-hydrogen) atoms. The highest BCUT2D eigenvalue weighted by Crippen LogP contribution is 2.40. The van der Waals surface area contributed by atoms with Crippen LogP contribution in [0.1, 0.15) is 34.5 Å². The van der Waals surface area contributed by atoms with E-state index in [4.69, 9.17) is 16.3 Å². The van der Waals surface area contributed by atoms with Crippen molar-refractivity contribution in [1.82, 2.24) is 20.6 Å². The number of methoxy groups -OCH3 is 1. The van der Waals surface area contributed by atoms with Gasteiger partial charge in [0.1, 0.15) is 5.75 Å². The van der Waals surface area contributed by atoms with Crippen LogP contribution >= 0.6 is 11.6 Å². The second-order valence-electron chi connectivity index (χ2n) is 7.80. The second kappa shape index (κ2) is 10.1. The van der Waals surface area contributed by atoms with Gasteiger partial charge in [-0.15, -0.1) is 0 Å². The number of ether oxygens (including phenoxy) is 1. The molecule has 5 rings (SSSR count). The lowest BCUT2D eigenvalue weighted by atomic mass is 10.0. The molecule has 1 fully saturated rings. The van der Waals surface area contributed by atoms with Crippen LogP contribution in [0.15, 0.2) is 36.7 Å². The van der Waals surface area contributed by atoms with Gasteiger partial charge in [-0.05, 0) is 56.6 Å². The van der Waals surface area contributed by atoms with Crippen molar-refractivity contribution in [2.24, 2.45) is 0 Å². The first kappa shape index (κ1) is 22.2. The van der Waals surface area contributed by atoms with E-state index in [0.29, 0.717) is 28.6 Å². The summed E-state index contributed by atoms with van der Waals surface area (Å²) < 4.78 is 5.47. The van der Waals surface area contributed by atoms with E-state index < -0.39 is 0 Å². The molecule has 2 aliphatic heterocycles. The van der Waals surface area contributed by atoms with Gasteiger partial charge in [-0.25, -0.2) is 0 Å². The molecule has 4 heterocycles. The number of hydrogen-bond acceptors (Lipinski definition) is 5. The Kier molecular flexibility index (Phi) is 6.97. The maximum atomic E-state index is 12.6. The van der Waals surface area contributed by atoms with Crippen molar-refractivity contribution in [1.29, 1.82) is 0 Å². The molecule has 0 aliphatic carbocycles. The number of amides is 1. The number of H-pyrrole nitrogens is 1. The molecule has 0 saturated carbocycles. The molecule has 8 heteroatoms. The van der Waals surface area contributed by atoms with Gasteiger partial charge in [0.25, 0.3) is 5.91 Å². The van der Waals surface area contributed by atoms with E-state index in [0.717, 1.165) is 34.6 Å². The highest BCUT2D eigenvalue weighted by atomic mass is 35.5. The lowest BCUT2D eigenvalue weighted by Gasteiger charge is -2.16. The average Bonchev–Trinajstić information content (AvgIpc) is 3.50. The van der Waals surface area contributed by atoms with E-state index in [2.05, 4.69) is 25.9 Å². The second-order valence-corrected chi connectivity index (χ2v) is 8.21. The van der Waals surface area contributed by atoms with E-state index in [9.17, 15) is 4.79 Å². The van der Waals surface area contributed by atoms with Gasteiger partial charge in [0.15, 0.2) is 0 Å². The first-order valence-electron chi connectivity index (χ1n) is 10.8. The summed E-state index contributed by atoms with van der Waals surface area (Å²) in [6, 6.07) is 7.52. The molecular formula is C24H28ClN5O2. The number of benzene rings is 1. The predicted octanol–water partition coefficient (Wildman–Crippen LogP) is 4.45. The summed E-state index contributed by atoms with van der Waals surface area (Å²) in [5.41, 5.74) is 5.60. The quantitative estimate of drug-likeness (QED) is 0.468. The minimum atomic E-state index is -0.103. The van der Waals surface area contributed by atoms with Crippen LogP contribution in [0.3, 0.4) is 0 Å². The number of nitrogens with zero attached hydrogens (tertiary/aromatic N) is 1. The van der Waals surface area contributed by atoms with Crippen molar-refractivity contribution in [3.05, 3.63) is 58.5 Å². The number of halogens is 1. The van der Waals surface area contributed by atoms with Crippen LogP contribution in [0.25, 0.3) is 11.3 Å². The van der Waals surface area contributed by atoms with Gasteiger partial charge in [-0.3, -0.25) is 9.78 Å². The molecule has 4 N–H and O–H groups in total. The van der Waals surface area contributed by atoms with E-state index >= 15 is 0 Å². The molecule has 1 aromatic carbocycles. The molecule has 2 aromatic heterocycles. The standard InChI is InChI=1S/C20H19ClN4O2.C4H9N/c1-11-13(21)4-3-5-14(11)24-19-17-15(7-9-23-20(17)26)25-18(19)12-6-8-22-10-16(12)27-2;1-2-4-5-3-1/h3-6,8,10,24-25H,7,9H2,1-2H3,(H,23,26);5H,1-4H2. The van der Waals surface area contributed by atoms with Crippen LogP contribution in [-0.2, 0) is 6.42 Å². The molecule has 168 valence electrons. The van der Waals surface area contributed by atoms with Crippen molar-refractivity contribution in [3.63, 3.8) is 0 Å². The summed E-state index contributed by atoms with van der Waals surface area (Å²) in [5.74, 6) is 0.524. The first-order chi connectivity index (χ1) is 15.6. The number of anilines is 2. The molecule has 0 atom stereocenters. The van der Waals surface area contributed by atoms with Crippen molar-refractivity contribution in [2.45, 2.75) is 26.2 Å². The molecular weight excluding hydrogens is 426 g/mol. The third-order valence-corrected chi connectivity index (χ3v) is 6.13. The van der Waals surface area contributed by atoms with Crippen molar-refractivity contribution < 1.29 is 9.53 Å². The molecule has 0 spiro atoms. The number of aromatic amines is 1. The van der Waals surface area contributed by atoms with Gasteiger partial charge in [0.05, 0.1) is 30.3 Å². The topological polar surface area (TPSA) is 91.1 Å². The normalized spacial score (nSPS) is 14.8. The summed E-state index contributed by atoms with van der Waals surface area (Å²) in [7, 11) is 1.60. The van der Waals surface area contributed by atoms with Crippen molar-refractivity contribution in [3.8, 4) is 17.0 Å². The molecule has 7 nitrogen and oxygen atoms in total. The van der Waals surface area contributed by atoms with E-state index in [1.54, 1.807) is 19.5 Å². The maximum absolute atomic E-state index is 12.6. The summed E-state index contributed by atoms with van der Waals surface area (Å²) in [6.07, 6.45) is 6.87. The van der Waals surface area contributed by atoms with Gasteiger partial charge in [-0.2, -0.15) is 0 Å².